The number of anilines is 1. The van der Waals surface area contributed by atoms with E-state index >= 15 is 0 Å². The van der Waals surface area contributed by atoms with Gasteiger partial charge in [-0.25, -0.2) is 0 Å². The largest absolute Gasteiger partial charge is 0.393 e. The Labute approximate surface area is 89.0 Å². The van der Waals surface area contributed by atoms with Crippen LogP contribution in [0.2, 0.25) is 0 Å². The molecule has 0 radical (unpaired) electrons. The summed E-state index contributed by atoms with van der Waals surface area (Å²) in [6, 6.07) is 5.77. The van der Waals surface area contributed by atoms with Gasteiger partial charge < -0.3 is 10.7 Å². The van der Waals surface area contributed by atoms with Crippen LogP contribution in [-0.2, 0) is 0 Å². The maximum Gasteiger partial charge on any atom is 0.272 e. The van der Waals surface area contributed by atoms with E-state index in [0.717, 1.165) is 9.10 Å². The van der Waals surface area contributed by atoms with Crippen molar-refractivity contribution in [2.24, 2.45) is 0 Å². The number of aromatic amines is 1. The van der Waals surface area contributed by atoms with Gasteiger partial charge in [0.25, 0.3) is 5.56 Å². The molecule has 0 aliphatic carbocycles. The summed E-state index contributed by atoms with van der Waals surface area (Å²) in [6.45, 7) is 0. The van der Waals surface area contributed by atoms with E-state index in [1.54, 1.807) is 23.6 Å². The first-order chi connectivity index (χ1) is 6.77. The first-order valence-electron chi connectivity index (χ1n) is 3.96. The second-order valence-corrected chi connectivity index (χ2v) is 4.91. The summed E-state index contributed by atoms with van der Waals surface area (Å²) in [4.78, 5) is 14.5. The highest BCUT2D eigenvalue weighted by molar-refractivity contribution is 8.01. The summed E-state index contributed by atoms with van der Waals surface area (Å²) in [5, 5.41) is 1.99. The number of hydrogen-bond donors (Lipinski definition) is 2. The van der Waals surface area contributed by atoms with E-state index in [0.29, 0.717) is 0 Å². The van der Waals surface area contributed by atoms with Crippen LogP contribution < -0.4 is 11.3 Å². The van der Waals surface area contributed by atoms with E-state index < -0.39 is 0 Å². The fraction of sp³-hybridized carbons (Fsp3) is 0. The molecule has 14 heavy (non-hydrogen) atoms. The normalized spacial score (nSPS) is 10.3. The molecule has 3 nitrogen and oxygen atoms in total. The van der Waals surface area contributed by atoms with Gasteiger partial charge in [0.2, 0.25) is 0 Å². The van der Waals surface area contributed by atoms with Crippen molar-refractivity contribution in [3.8, 4) is 0 Å². The predicted molar refractivity (Wildman–Crippen MR) is 59.9 cm³/mol. The fourth-order valence-electron chi connectivity index (χ4n) is 0.991. The molecule has 2 heterocycles. The molecule has 3 N–H and O–H groups in total. The molecule has 0 spiro atoms. The molecule has 2 aromatic rings. The lowest BCUT2D eigenvalue weighted by atomic mass is 10.4. The van der Waals surface area contributed by atoms with Crippen LogP contribution in [0.5, 0.6) is 0 Å². The number of thiophene rings is 1. The van der Waals surface area contributed by atoms with Gasteiger partial charge in [-0.3, -0.25) is 4.79 Å². The number of aromatic nitrogens is 1. The molecule has 0 aliphatic rings. The van der Waals surface area contributed by atoms with Crippen molar-refractivity contribution >= 4 is 28.8 Å². The first kappa shape index (κ1) is 9.36. The minimum Gasteiger partial charge on any atom is -0.393 e. The standard InChI is InChI=1S/C9H8N2OS2/c10-8-6(3-4-11-9(8)12)14-7-2-1-5-13-7/h1-5H,10H2,(H,11,12). The quantitative estimate of drug-likeness (QED) is 0.822. The Bertz CT molecular complexity index is 476. The summed E-state index contributed by atoms with van der Waals surface area (Å²) in [7, 11) is 0. The number of rotatable bonds is 2. The molecular weight excluding hydrogens is 216 g/mol. The number of hydrogen-bond acceptors (Lipinski definition) is 4. The number of nitrogens with one attached hydrogen (secondary N) is 1. The van der Waals surface area contributed by atoms with Crippen molar-refractivity contribution in [1.82, 2.24) is 4.98 Å². The van der Waals surface area contributed by atoms with Crippen molar-refractivity contribution in [3.63, 3.8) is 0 Å². The summed E-state index contributed by atoms with van der Waals surface area (Å²) < 4.78 is 1.13. The number of pyridine rings is 1. The van der Waals surface area contributed by atoms with Gasteiger partial charge >= 0.3 is 0 Å². The van der Waals surface area contributed by atoms with Crippen molar-refractivity contribution in [2.75, 3.05) is 5.73 Å². The van der Waals surface area contributed by atoms with Crippen LogP contribution in [0.1, 0.15) is 0 Å². The SMILES string of the molecule is Nc1c(Sc2cccs2)cc[nH]c1=O. The summed E-state index contributed by atoms with van der Waals surface area (Å²) >= 11 is 3.14. The van der Waals surface area contributed by atoms with Gasteiger partial charge in [0.1, 0.15) is 5.69 Å². The van der Waals surface area contributed by atoms with Crippen LogP contribution in [0.4, 0.5) is 5.69 Å². The third-order valence-electron chi connectivity index (χ3n) is 1.66. The van der Waals surface area contributed by atoms with E-state index in [9.17, 15) is 4.79 Å². The summed E-state index contributed by atoms with van der Waals surface area (Å²) in [5.74, 6) is 0. The average Bonchev–Trinajstić information content (AvgIpc) is 2.66. The molecule has 2 rings (SSSR count). The van der Waals surface area contributed by atoms with Crippen LogP contribution in [0.15, 0.2) is 43.7 Å². The highest BCUT2D eigenvalue weighted by Gasteiger charge is 2.04. The molecule has 0 bridgehead atoms. The summed E-state index contributed by atoms with van der Waals surface area (Å²) in [6.07, 6.45) is 1.61. The van der Waals surface area contributed by atoms with E-state index in [-0.39, 0.29) is 11.2 Å². The lowest BCUT2D eigenvalue weighted by molar-refractivity contribution is 1.19. The minimum atomic E-state index is -0.230. The van der Waals surface area contributed by atoms with Crippen LogP contribution in [0.25, 0.3) is 0 Å². The predicted octanol–water partition coefficient (Wildman–Crippen LogP) is 2.17. The summed E-state index contributed by atoms with van der Waals surface area (Å²) in [5.41, 5.74) is 5.69. The van der Waals surface area contributed by atoms with Gasteiger partial charge in [-0.1, -0.05) is 17.8 Å². The van der Waals surface area contributed by atoms with Gasteiger partial charge in [0.05, 0.1) is 4.21 Å². The van der Waals surface area contributed by atoms with Crippen molar-refractivity contribution in [1.29, 1.82) is 0 Å². The van der Waals surface area contributed by atoms with E-state index in [2.05, 4.69) is 4.98 Å². The first-order valence-corrected chi connectivity index (χ1v) is 5.65. The molecule has 0 fully saturated rings. The van der Waals surface area contributed by atoms with Gasteiger partial charge in [-0.15, -0.1) is 11.3 Å². The van der Waals surface area contributed by atoms with Crippen molar-refractivity contribution in [2.45, 2.75) is 9.10 Å². The number of nitrogens with two attached hydrogens (primary N) is 1. The zero-order chi connectivity index (χ0) is 9.97. The molecule has 72 valence electrons. The minimum absolute atomic E-state index is 0.230. The van der Waals surface area contributed by atoms with E-state index in [1.807, 2.05) is 17.5 Å². The molecule has 0 atom stereocenters. The molecule has 0 unspecified atom stereocenters. The third-order valence-corrected chi connectivity index (χ3v) is 3.78. The van der Waals surface area contributed by atoms with Gasteiger partial charge in [-0.2, -0.15) is 0 Å². The zero-order valence-corrected chi connectivity index (χ0v) is 8.82. The van der Waals surface area contributed by atoms with Crippen LogP contribution in [-0.4, -0.2) is 4.98 Å². The highest BCUT2D eigenvalue weighted by atomic mass is 32.2. The lowest BCUT2D eigenvalue weighted by Crippen LogP contribution is -2.11. The Balaban J connectivity index is 2.34. The molecule has 0 aliphatic heterocycles. The average molecular weight is 224 g/mol. The monoisotopic (exact) mass is 224 g/mol. The maximum atomic E-state index is 11.2. The zero-order valence-electron chi connectivity index (χ0n) is 7.19. The van der Waals surface area contributed by atoms with Gasteiger partial charge in [-0.05, 0) is 17.5 Å². The molecular formula is C9H8N2OS2. The smallest absolute Gasteiger partial charge is 0.272 e. The molecule has 5 heteroatoms. The fourth-order valence-corrected chi connectivity index (χ4v) is 2.77. The molecule has 2 aromatic heterocycles. The third kappa shape index (κ3) is 1.83. The second kappa shape index (κ2) is 3.89. The van der Waals surface area contributed by atoms with Gasteiger partial charge in [0, 0.05) is 11.1 Å². The second-order valence-electron chi connectivity index (χ2n) is 2.62. The Morgan fingerprint density at radius 2 is 2.29 bits per heavy atom. The van der Waals surface area contributed by atoms with Crippen LogP contribution in [0, 0.1) is 0 Å². The van der Waals surface area contributed by atoms with E-state index in [4.69, 9.17) is 5.73 Å². The number of H-pyrrole nitrogens is 1. The molecule has 0 aromatic carbocycles. The maximum absolute atomic E-state index is 11.2. The lowest BCUT2D eigenvalue weighted by Gasteiger charge is -2.00. The Morgan fingerprint density at radius 1 is 1.43 bits per heavy atom. The van der Waals surface area contributed by atoms with E-state index in [1.165, 1.54) is 11.8 Å². The highest BCUT2D eigenvalue weighted by Crippen LogP contribution is 2.32. The van der Waals surface area contributed by atoms with Crippen molar-refractivity contribution in [3.05, 3.63) is 40.1 Å². The van der Waals surface area contributed by atoms with Crippen molar-refractivity contribution < 1.29 is 0 Å². The number of nitrogen functional groups attached to an aromatic ring is 1. The van der Waals surface area contributed by atoms with Crippen LogP contribution in [0.3, 0.4) is 0 Å². The Kier molecular flexibility index (Phi) is 2.60. The Morgan fingerprint density at radius 3 is 3.00 bits per heavy atom. The Hall–Kier alpha value is -1.20. The van der Waals surface area contributed by atoms with Crippen LogP contribution >= 0.6 is 23.1 Å². The molecule has 0 saturated carbocycles. The molecule has 0 saturated heterocycles. The van der Waals surface area contributed by atoms with Gasteiger partial charge in [0.15, 0.2) is 0 Å². The molecule has 0 amide bonds. The topological polar surface area (TPSA) is 58.9 Å².